The number of rotatable bonds is 2. The Hall–Kier alpha value is -1.69. The molecule has 0 aromatic heterocycles. The minimum Gasteiger partial charge on any atom is -0.451 e. The summed E-state index contributed by atoms with van der Waals surface area (Å²) in [4.78, 5) is 23.6. The average molecular weight is 313 g/mol. The van der Waals surface area contributed by atoms with Gasteiger partial charge in [-0.05, 0) is 38.1 Å². The third kappa shape index (κ3) is 3.66. The molecular weight excluding hydrogens is 300 g/mol. The highest BCUT2D eigenvalue weighted by atomic mass is 79.9. The fourth-order valence-electron chi connectivity index (χ4n) is 1.17. The lowest BCUT2D eigenvalue weighted by Gasteiger charge is -2.14. The van der Waals surface area contributed by atoms with E-state index in [0.29, 0.717) is 16.3 Å². The number of methoxy groups -OCH3 is 1. The van der Waals surface area contributed by atoms with Crippen molar-refractivity contribution in [2.75, 3.05) is 7.11 Å². The summed E-state index contributed by atoms with van der Waals surface area (Å²) in [5.41, 5.74) is 0.930. The van der Waals surface area contributed by atoms with Crippen LogP contribution in [0.3, 0.4) is 0 Å². The van der Waals surface area contributed by atoms with Gasteiger partial charge in [0.15, 0.2) is 0 Å². The van der Waals surface area contributed by atoms with Crippen molar-refractivity contribution >= 4 is 33.6 Å². The first kappa shape index (κ1) is 14.4. The maximum absolute atomic E-state index is 12.1. The second kappa shape index (κ2) is 6.30. The molecule has 0 bridgehead atoms. The van der Waals surface area contributed by atoms with E-state index in [2.05, 4.69) is 25.8 Å². The van der Waals surface area contributed by atoms with Crippen LogP contribution in [0.2, 0.25) is 0 Å². The average Bonchev–Trinajstić information content (AvgIpc) is 2.35. The summed E-state index contributed by atoms with van der Waals surface area (Å²) >= 11 is 3.27. The molecule has 0 aliphatic heterocycles. The van der Waals surface area contributed by atoms with Gasteiger partial charge in [0.1, 0.15) is 0 Å². The molecule has 1 aromatic carbocycles. The van der Waals surface area contributed by atoms with Gasteiger partial charge in [-0.3, -0.25) is 4.79 Å². The summed E-state index contributed by atoms with van der Waals surface area (Å²) in [5.74, 6) is -0.532. The molecule has 0 N–H and O–H groups in total. The second-order valence-corrected chi connectivity index (χ2v) is 4.56. The van der Waals surface area contributed by atoms with Crippen LogP contribution in [0.15, 0.2) is 33.8 Å². The molecule has 0 aliphatic carbocycles. The molecule has 18 heavy (non-hydrogen) atoms. The molecule has 0 radical (unpaired) electrons. The van der Waals surface area contributed by atoms with Crippen LogP contribution in [0.4, 0.5) is 4.79 Å². The van der Waals surface area contributed by atoms with Crippen molar-refractivity contribution in [3.05, 3.63) is 34.3 Å². The first-order chi connectivity index (χ1) is 8.45. The van der Waals surface area contributed by atoms with Crippen molar-refractivity contribution in [3.63, 3.8) is 0 Å². The highest BCUT2D eigenvalue weighted by Gasteiger charge is 2.23. The van der Waals surface area contributed by atoms with Gasteiger partial charge in [-0.25, -0.2) is 4.79 Å². The molecular formula is C12H13BrN2O3. The summed E-state index contributed by atoms with van der Waals surface area (Å²) < 4.78 is 5.38. The van der Waals surface area contributed by atoms with E-state index in [-0.39, 0.29) is 0 Å². The fourth-order valence-corrected chi connectivity index (χ4v) is 1.43. The van der Waals surface area contributed by atoms with Crippen molar-refractivity contribution < 1.29 is 14.3 Å². The first-order valence-corrected chi connectivity index (χ1v) is 5.94. The van der Waals surface area contributed by atoms with E-state index in [4.69, 9.17) is 0 Å². The summed E-state index contributed by atoms with van der Waals surface area (Å²) in [6, 6.07) is 6.63. The van der Waals surface area contributed by atoms with E-state index in [1.165, 1.54) is 7.11 Å². The number of benzene rings is 1. The Morgan fingerprint density at radius 1 is 1.22 bits per heavy atom. The third-order valence-corrected chi connectivity index (χ3v) is 2.46. The number of carbonyl (C=O) groups is 2. The van der Waals surface area contributed by atoms with Gasteiger partial charge in [-0.2, -0.15) is 5.10 Å². The third-order valence-electron chi connectivity index (χ3n) is 1.93. The molecule has 0 heterocycles. The number of hydrogen-bond acceptors (Lipinski definition) is 4. The minimum absolute atomic E-state index is 0.355. The van der Waals surface area contributed by atoms with Crippen molar-refractivity contribution in [1.29, 1.82) is 0 Å². The number of amides is 2. The maximum atomic E-state index is 12.1. The van der Waals surface area contributed by atoms with Gasteiger partial charge >= 0.3 is 6.09 Å². The van der Waals surface area contributed by atoms with E-state index in [1.54, 1.807) is 38.1 Å². The summed E-state index contributed by atoms with van der Waals surface area (Å²) in [5, 5.41) is 4.57. The number of nitrogens with zero attached hydrogens (tertiary/aromatic N) is 2. The summed E-state index contributed by atoms with van der Waals surface area (Å²) in [6.07, 6.45) is -0.816. The quantitative estimate of drug-likeness (QED) is 0.623. The maximum Gasteiger partial charge on any atom is 0.437 e. The topological polar surface area (TPSA) is 59.0 Å². The van der Waals surface area contributed by atoms with E-state index < -0.39 is 12.0 Å². The van der Waals surface area contributed by atoms with Crippen LogP contribution in [0.5, 0.6) is 0 Å². The zero-order chi connectivity index (χ0) is 13.7. The Kier molecular flexibility index (Phi) is 5.03. The van der Waals surface area contributed by atoms with Crippen molar-refractivity contribution in [3.8, 4) is 0 Å². The highest BCUT2D eigenvalue weighted by molar-refractivity contribution is 9.10. The van der Waals surface area contributed by atoms with Crippen LogP contribution in [0.1, 0.15) is 24.2 Å². The lowest BCUT2D eigenvalue weighted by molar-refractivity contribution is 0.0712. The Morgan fingerprint density at radius 2 is 1.78 bits per heavy atom. The lowest BCUT2D eigenvalue weighted by Crippen LogP contribution is -2.33. The summed E-state index contributed by atoms with van der Waals surface area (Å²) in [6.45, 7) is 3.37. The van der Waals surface area contributed by atoms with Gasteiger partial charge in [-0.15, -0.1) is 5.01 Å². The molecule has 0 saturated heterocycles. The van der Waals surface area contributed by atoms with Crippen LogP contribution >= 0.6 is 15.9 Å². The molecule has 0 aliphatic rings. The Bertz CT molecular complexity index is 479. The zero-order valence-electron chi connectivity index (χ0n) is 10.3. The molecule has 0 saturated carbocycles. The first-order valence-electron chi connectivity index (χ1n) is 5.15. The highest BCUT2D eigenvalue weighted by Crippen LogP contribution is 2.13. The normalized spacial score (nSPS) is 9.56. The van der Waals surface area contributed by atoms with Crippen molar-refractivity contribution in [2.24, 2.45) is 5.10 Å². The molecule has 1 rings (SSSR count). The summed E-state index contributed by atoms with van der Waals surface area (Å²) in [7, 11) is 1.20. The van der Waals surface area contributed by atoms with Gasteiger partial charge in [0, 0.05) is 15.7 Å². The van der Waals surface area contributed by atoms with Gasteiger partial charge in [0.2, 0.25) is 0 Å². The smallest absolute Gasteiger partial charge is 0.437 e. The Balaban J connectivity index is 3.06. The number of halogens is 1. The molecule has 96 valence electrons. The minimum atomic E-state index is -0.816. The number of imide groups is 1. The van der Waals surface area contributed by atoms with E-state index in [0.717, 1.165) is 4.47 Å². The van der Waals surface area contributed by atoms with Gasteiger partial charge in [0.25, 0.3) is 5.91 Å². The van der Waals surface area contributed by atoms with Crippen molar-refractivity contribution in [1.82, 2.24) is 5.01 Å². The molecule has 2 amide bonds. The predicted molar refractivity (Wildman–Crippen MR) is 71.5 cm³/mol. The van der Waals surface area contributed by atoms with Crippen molar-refractivity contribution in [2.45, 2.75) is 13.8 Å². The van der Waals surface area contributed by atoms with Gasteiger partial charge < -0.3 is 4.74 Å². The lowest BCUT2D eigenvalue weighted by atomic mass is 10.2. The monoisotopic (exact) mass is 312 g/mol. The van der Waals surface area contributed by atoms with E-state index in [9.17, 15) is 9.59 Å². The molecule has 0 unspecified atom stereocenters. The molecule has 6 heteroatoms. The largest absolute Gasteiger partial charge is 0.451 e. The number of ether oxygens (including phenoxy) is 1. The SMILES string of the molecule is COC(=O)N(N=C(C)C)C(=O)c1ccc(Br)cc1. The van der Waals surface area contributed by atoms with E-state index >= 15 is 0 Å². The molecule has 0 fully saturated rings. The van der Waals surface area contributed by atoms with Gasteiger partial charge in [-0.1, -0.05) is 15.9 Å². The number of hydrazone groups is 1. The number of hydrogen-bond donors (Lipinski definition) is 0. The van der Waals surface area contributed by atoms with Crippen LogP contribution in [0, 0.1) is 0 Å². The molecule has 0 spiro atoms. The van der Waals surface area contributed by atoms with Crippen LogP contribution in [0.25, 0.3) is 0 Å². The molecule has 1 aromatic rings. The standard InChI is InChI=1S/C12H13BrN2O3/c1-8(2)14-15(12(17)18-3)11(16)9-4-6-10(13)7-5-9/h4-7H,1-3H3. The zero-order valence-corrected chi connectivity index (χ0v) is 11.9. The second-order valence-electron chi connectivity index (χ2n) is 3.64. The van der Waals surface area contributed by atoms with Crippen LogP contribution in [-0.2, 0) is 4.74 Å². The predicted octanol–water partition coefficient (Wildman–Crippen LogP) is 3.05. The Labute approximate surface area is 114 Å². The fraction of sp³-hybridized carbons (Fsp3) is 0.250. The Morgan fingerprint density at radius 3 is 2.22 bits per heavy atom. The molecule has 0 atom stereocenters. The molecule has 5 nitrogen and oxygen atoms in total. The van der Waals surface area contributed by atoms with Gasteiger partial charge in [0.05, 0.1) is 7.11 Å². The van der Waals surface area contributed by atoms with Crippen LogP contribution in [-0.4, -0.2) is 29.8 Å². The van der Waals surface area contributed by atoms with E-state index in [1.807, 2.05) is 0 Å². The number of carbonyl (C=O) groups excluding carboxylic acids is 2. The van der Waals surface area contributed by atoms with Crippen LogP contribution < -0.4 is 0 Å².